The van der Waals surface area contributed by atoms with Gasteiger partial charge in [0.15, 0.2) is 0 Å². The standard InChI is InChI=1S/C6H8N2O.C2H3O2.W/c1-4-3-6(9)8-5(2)7-4;1-4-2-3;/h3H,1-2H3,(H,7,8,9);1H3;/q;-1;. The van der Waals surface area contributed by atoms with Gasteiger partial charge in [-0.05, 0) is 13.8 Å². The van der Waals surface area contributed by atoms with Crippen molar-refractivity contribution in [2.45, 2.75) is 13.8 Å². The molecule has 0 amide bonds. The molecule has 5 nitrogen and oxygen atoms in total. The summed E-state index contributed by atoms with van der Waals surface area (Å²) >= 11 is 0. The van der Waals surface area contributed by atoms with Crippen molar-refractivity contribution < 1.29 is 35.7 Å². The predicted molar refractivity (Wildman–Crippen MR) is 45.9 cm³/mol. The van der Waals surface area contributed by atoms with Crippen LogP contribution in [0.25, 0.3) is 0 Å². The second kappa shape index (κ2) is 8.63. The molecular weight excluding hydrogens is 356 g/mol. The summed E-state index contributed by atoms with van der Waals surface area (Å²) in [6, 6.07) is 1.52. The van der Waals surface area contributed by atoms with Gasteiger partial charge in [0, 0.05) is 39.9 Å². The molecule has 0 fully saturated rings. The van der Waals surface area contributed by atoms with Gasteiger partial charge in [-0.2, -0.15) is 4.98 Å². The maximum atomic E-state index is 8.84. The van der Waals surface area contributed by atoms with Gasteiger partial charge in [-0.15, -0.1) is 0 Å². The predicted octanol–water partition coefficient (Wildman–Crippen LogP) is 0.497. The molecule has 0 bridgehead atoms. The first-order valence-corrected chi connectivity index (χ1v) is 3.51. The molecule has 0 unspecified atom stereocenters. The number of carbonyl (C=O) groups excluding carboxylic acids is 1. The minimum Gasteiger partial charge on any atom is -0.655 e. The first-order valence-electron chi connectivity index (χ1n) is 3.51. The number of ether oxygens (including phenoxy) is 1. The van der Waals surface area contributed by atoms with E-state index in [0.29, 0.717) is 5.82 Å². The number of hydrogen-bond donors (Lipinski definition) is 1. The van der Waals surface area contributed by atoms with Crippen LogP contribution in [0.1, 0.15) is 11.5 Å². The van der Waals surface area contributed by atoms with Crippen molar-refractivity contribution in [1.29, 1.82) is 0 Å². The first kappa shape index (κ1) is 15.5. The molecule has 6 heteroatoms. The van der Waals surface area contributed by atoms with E-state index >= 15 is 0 Å². The van der Waals surface area contributed by atoms with Crippen LogP contribution in [0.5, 0.6) is 5.88 Å². The summed E-state index contributed by atoms with van der Waals surface area (Å²) in [6.07, 6.45) is 0. The first-order chi connectivity index (χ1) is 6.10. The fraction of sp³-hybridized carbons (Fsp3) is 0.375. The van der Waals surface area contributed by atoms with E-state index in [1.807, 2.05) is 6.92 Å². The number of aromatic nitrogens is 2. The molecule has 0 aliphatic rings. The minimum atomic E-state index is 0. The quantitative estimate of drug-likeness (QED) is 0.732. The van der Waals surface area contributed by atoms with Crippen LogP contribution in [-0.4, -0.2) is 28.7 Å². The van der Waals surface area contributed by atoms with Crippen LogP contribution in [0.15, 0.2) is 6.07 Å². The van der Waals surface area contributed by atoms with Crippen LogP contribution in [0.4, 0.5) is 0 Å². The van der Waals surface area contributed by atoms with E-state index in [2.05, 4.69) is 14.7 Å². The van der Waals surface area contributed by atoms with Crippen LogP contribution in [0.3, 0.4) is 0 Å². The number of hydrogen-bond acceptors (Lipinski definition) is 5. The van der Waals surface area contributed by atoms with E-state index < -0.39 is 0 Å². The maximum Gasteiger partial charge on any atom is 0.214 e. The smallest absolute Gasteiger partial charge is 0.214 e. The molecule has 0 spiro atoms. The minimum absolute atomic E-state index is 0. The molecule has 1 aromatic heterocycles. The Morgan fingerprint density at radius 3 is 2.21 bits per heavy atom. The van der Waals surface area contributed by atoms with Gasteiger partial charge in [0.25, 0.3) is 0 Å². The van der Waals surface area contributed by atoms with Gasteiger partial charge in [-0.3, -0.25) is 0 Å². The number of nitrogens with zero attached hydrogens (tertiary/aromatic N) is 2. The van der Waals surface area contributed by atoms with Crippen molar-refractivity contribution >= 4 is 6.47 Å². The summed E-state index contributed by atoms with van der Waals surface area (Å²) < 4.78 is 3.74. The second-order valence-electron chi connectivity index (χ2n) is 2.20. The fourth-order valence-electron chi connectivity index (χ4n) is 0.697. The van der Waals surface area contributed by atoms with Crippen LogP contribution in [0, 0.1) is 13.8 Å². The van der Waals surface area contributed by atoms with Crippen LogP contribution >= 0.6 is 0 Å². The van der Waals surface area contributed by atoms with Crippen molar-refractivity contribution in [2.75, 3.05) is 7.11 Å². The van der Waals surface area contributed by atoms with Gasteiger partial charge in [-0.1, -0.05) is 6.47 Å². The normalized spacial score (nSPS) is 7.64. The Hall–Kier alpha value is -0.962. The molecule has 0 saturated carbocycles. The molecule has 1 N–H and O–H groups in total. The van der Waals surface area contributed by atoms with E-state index in [1.54, 1.807) is 6.92 Å². The largest absolute Gasteiger partial charge is 0.655 e. The average molecular weight is 367 g/mol. The fourth-order valence-corrected chi connectivity index (χ4v) is 0.697. The van der Waals surface area contributed by atoms with Gasteiger partial charge in [0.1, 0.15) is 5.82 Å². The van der Waals surface area contributed by atoms with E-state index in [1.165, 1.54) is 19.6 Å². The third-order valence-electron chi connectivity index (χ3n) is 1.04. The van der Waals surface area contributed by atoms with Gasteiger partial charge < -0.3 is 14.6 Å². The van der Waals surface area contributed by atoms with Crippen molar-refractivity contribution in [3.63, 3.8) is 0 Å². The monoisotopic (exact) mass is 367 g/mol. The summed E-state index contributed by atoms with van der Waals surface area (Å²) in [6.45, 7) is 4.74. The van der Waals surface area contributed by atoms with E-state index in [9.17, 15) is 0 Å². The van der Waals surface area contributed by atoms with Gasteiger partial charge in [-0.25, -0.2) is 4.98 Å². The Morgan fingerprint density at radius 2 is 1.93 bits per heavy atom. The van der Waals surface area contributed by atoms with Gasteiger partial charge in [0.2, 0.25) is 5.88 Å². The third kappa shape index (κ3) is 7.68. The Labute approximate surface area is 96.8 Å². The van der Waals surface area contributed by atoms with Crippen LogP contribution in [-0.2, 0) is 30.6 Å². The van der Waals surface area contributed by atoms with Crippen LogP contribution < -0.4 is 0 Å². The Balaban J connectivity index is 0. The zero-order valence-electron chi connectivity index (χ0n) is 8.14. The number of aromatic hydroxyl groups is 1. The van der Waals surface area contributed by atoms with Gasteiger partial charge in [0.05, 0.1) is 0 Å². The molecular formula is C8H11N2O3W-. The molecule has 78 valence electrons. The average Bonchev–Trinajstić information content (AvgIpc) is 2.02. The van der Waals surface area contributed by atoms with Crippen molar-refractivity contribution in [3.8, 4) is 5.88 Å². The second-order valence-corrected chi connectivity index (χ2v) is 2.20. The molecule has 0 saturated heterocycles. The Bertz CT molecular complexity index is 231. The van der Waals surface area contributed by atoms with Crippen molar-refractivity contribution in [1.82, 2.24) is 9.97 Å². The number of methoxy groups -OCH3 is 1. The molecule has 14 heavy (non-hydrogen) atoms. The van der Waals surface area contributed by atoms with Gasteiger partial charge >= 0.3 is 0 Å². The van der Waals surface area contributed by atoms with E-state index in [4.69, 9.17) is 9.90 Å². The summed E-state index contributed by atoms with van der Waals surface area (Å²) in [4.78, 5) is 16.5. The molecule has 0 aromatic carbocycles. The summed E-state index contributed by atoms with van der Waals surface area (Å²) in [7, 11) is 1.26. The zero-order valence-corrected chi connectivity index (χ0v) is 11.1. The molecule has 1 rings (SSSR count). The zero-order chi connectivity index (χ0) is 10.3. The van der Waals surface area contributed by atoms with Crippen molar-refractivity contribution in [2.24, 2.45) is 0 Å². The molecule has 0 aliphatic heterocycles. The van der Waals surface area contributed by atoms with E-state index in [0.717, 1.165) is 5.69 Å². The molecule has 1 heterocycles. The summed E-state index contributed by atoms with van der Waals surface area (Å²) in [5, 5.41) is 8.84. The topological polar surface area (TPSA) is 72.3 Å². The Morgan fingerprint density at radius 1 is 1.43 bits per heavy atom. The maximum absolute atomic E-state index is 8.84. The molecule has 0 aliphatic carbocycles. The summed E-state index contributed by atoms with van der Waals surface area (Å²) in [5.74, 6) is 0.646. The summed E-state index contributed by atoms with van der Waals surface area (Å²) in [5.41, 5.74) is 0.792. The van der Waals surface area contributed by atoms with Crippen LogP contribution in [0.2, 0.25) is 0 Å². The third-order valence-corrected chi connectivity index (χ3v) is 1.04. The molecule has 0 radical (unpaired) electrons. The SMILES string of the molecule is CO[C-]=O.Cc1cc(O)nc(C)n1.[W]. The Kier molecular flexibility index (Phi) is 9.56. The molecule has 0 atom stereocenters. The van der Waals surface area contributed by atoms with E-state index in [-0.39, 0.29) is 26.9 Å². The van der Waals surface area contributed by atoms with Crippen molar-refractivity contribution in [3.05, 3.63) is 17.6 Å². The number of aryl methyl sites for hydroxylation is 2. The molecule has 1 aromatic rings. The number of rotatable bonds is 1.